The first kappa shape index (κ1) is 16.0. The minimum absolute atomic E-state index is 0.201. The molecular formula is C15H15IN2O3S. The van der Waals surface area contributed by atoms with Gasteiger partial charge in [-0.1, -0.05) is 12.1 Å². The van der Waals surface area contributed by atoms with E-state index in [4.69, 9.17) is 4.74 Å². The molecule has 1 aromatic rings. The van der Waals surface area contributed by atoms with Crippen LogP contribution in [0.5, 0.6) is 0 Å². The van der Waals surface area contributed by atoms with Gasteiger partial charge in [-0.2, -0.15) is 0 Å². The Morgan fingerprint density at radius 1 is 1.18 bits per heavy atom. The van der Waals surface area contributed by atoms with Gasteiger partial charge in [-0.05, 0) is 58.1 Å². The molecule has 0 atom stereocenters. The number of ether oxygens (including phenoxy) is 1. The summed E-state index contributed by atoms with van der Waals surface area (Å²) in [6, 6.07) is 7.84. The van der Waals surface area contributed by atoms with E-state index >= 15 is 0 Å². The second-order valence-corrected chi connectivity index (χ2v) is 7.27. The number of hydrogen-bond acceptors (Lipinski definition) is 5. The van der Waals surface area contributed by atoms with Crippen molar-refractivity contribution in [2.45, 2.75) is 0 Å². The molecule has 1 aromatic carbocycles. The number of hydrogen-bond donors (Lipinski definition) is 0. The summed E-state index contributed by atoms with van der Waals surface area (Å²) in [4.78, 5) is 28.4. The Hall–Kier alpha value is -0.900. The van der Waals surface area contributed by atoms with Crippen molar-refractivity contribution in [2.24, 2.45) is 0 Å². The molecule has 0 saturated carbocycles. The average Bonchev–Trinajstić information content (AvgIpc) is 2.78. The predicted molar refractivity (Wildman–Crippen MR) is 94.2 cm³/mol. The highest BCUT2D eigenvalue weighted by molar-refractivity contribution is 14.1. The first-order chi connectivity index (χ1) is 10.6. The molecule has 2 heterocycles. The van der Waals surface area contributed by atoms with E-state index in [0.717, 1.165) is 34.0 Å². The van der Waals surface area contributed by atoms with Crippen LogP contribution in [0.25, 0.3) is 6.08 Å². The second-order valence-electron chi connectivity index (χ2n) is 5.03. The predicted octanol–water partition coefficient (Wildman–Crippen LogP) is 2.62. The number of benzene rings is 1. The summed E-state index contributed by atoms with van der Waals surface area (Å²) in [5.41, 5.74) is 0.928. The first-order valence-corrected chi connectivity index (χ1v) is 8.84. The van der Waals surface area contributed by atoms with Crippen LogP contribution in [-0.4, -0.2) is 53.9 Å². The van der Waals surface area contributed by atoms with Crippen LogP contribution in [0.2, 0.25) is 0 Å². The highest BCUT2D eigenvalue weighted by atomic mass is 127. The number of imide groups is 1. The van der Waals surface area contributed by atoms with E-state index in [-0.39, 0.29) is 11.1 Å². The SMILES string of the molecule is O=C1S/C(=C/c2ccc(I)cc2)C(=O)N1CN1CCOCC1. The monoisotopic (exact) mass is 430 g/mol. The fraction of sp³-hybridized carbons (Fsp3) is 0.333. The third-order valence-corrected chi connectivity index (χ3v) is 5.11. The molecule has 7 heteroatoms. The Bertz CT molecular complexity index is 612. The second kappa shape index (κ2) is 7.12. The van der Waals surface area contributed by atoms with Gasteiger partial charge in [0, 0.05) is 16.7 Å². The lowest BCUT2D eigenvalue weighted by atomic mass is 10.2. The molecule has 116 valence electrons. The standard InChI is InChI=1S/C15H15IN2O3S/c16-12-3-1-11(2-4-12)9-13-14(19)18(15(20)22-13)10-17-5-7-21-8-6-17/h1-4,9H,5-8,10H2/b13-9+. The van der Waals surface area contributed by atoms with Crippen molar-refractivity contribution in [3.05, 3.63) is 38.3 Å². The maximum absolute atomic E-state index is 12.4. The molecule has 2 fully saturated rings. The Balaban J connectivity index is 1.71. The van der Waals surface area contributed by atoms with Crippen LogP contribution in [0.4, 0.5) is 4.79 Å². The zero-order valence-corrected chi connectivity index (χ0v) is 14.8. The maximum atomic E-state index is 12.4. The number of amides is 2. The van der Waals surface area contributed by atoms with Gasteiger partial charge in [0.1, 0.15) is 0 Å². The molecule has 0 N–H and O–H groups in total. The van der Waals surface area contributed by atoms with Crippen molar-refractivity contribution in [1.82, 2.24) is 9.80 Å². The topological polar surface area (TPSA) is 49.9 Å². The summed E-state index contributed by atoms with van der Waals surface area (Å²) in [6.07, 6.45) is 1.78. The number of thioether (sulfide) groups is 1. The van der Waals surface area contributed by atoms with E-state index in [2.05, 4.69) is 27.5 Å². The molecule has 0 aliphatic carbocycles. The molecule has 2 amide bonds. The van der Waals surface area contributed by atoms with Gasteiger partial charge in [0.25, 0.3) is 11.1 Å². The normalized spacial score (nSPS) is 21.9. The van der Waals surface area contributed by atoms with Gasteiger partial charge in [-0.3, -0.25) is 19.4 Å². The summed E-state index contributed by atoms with van der Waals surface area (Å²) >= 11 is 3.24. The number of rotatable bonds is 3. The molecule has 22 heavy (non-hydrogen) atoms. The molecule has 0 unspecified atom stereocenters. The zero-order chi connectivity index (χ0) is 15.5. The molecule has 2 saturated heterocycles. The Morgan fingerprint density at radius 2 is 1.86 bits per heavy atom. The van der Waals surface area contributed by atoms with Crippen LogP contribution < -0.4 is 0 Å². The van der Waals surface area contributed by atoms with Crippen molar-refractivity contribution in [3.8, 4) is 0 Å². The van der Waals surface area contributed by atoms with Crippen molar-refractivity contribution < 1.29 is 14.3 Å². The minimum Gasteiger partial charge on any atom is -0.379 e. The quantitative estimate of drug-likeness (QED) is 0.545. The Kier molecular flexibility index (Phi) is 5.17. The molecule has 0 bridgehead atoms. The maximum Gasteiger partial charge on any atom is 0.294 e. The van der Waals surface area contributed by atoms with Crippen LogP contribution in [0, 0.1) is 3.57 Å². The first-order valence-electron chi connectivity index (χ1n) is 6.94. The lowest BCUT2D eigenvalue weighted by Gasteiger charge is -2.29. The van der Waals surface area contributed by atoms with Crippen LogP contribution in [0.1, 0.15) is 5.56 Å². The fourth-order valence-corrected chi connectivity index (χ4v) is 3.47. The third kappa shape index (κ3) is 3.70. The molecule has 2 aliphatic heterocycles. The summed E-state index contributed by atoms with van der Waals surface area (Å²) < 4.78 is 6.41. The van der Waals surface area contributed by atoms with Gasteiger partial charge >= 0.3 is 0 Å². The fourth-order valence-electron chi connectivity index (χ4n) is 2.27. The third-order valence-electron chi connectivity index (χ3n) is 3.49. The molecule has 5 nitrogen and oxygen atoms in total. The molecule has 2 aliphatic rings. The van der Waals surface area contributed by atoms with Crippen molar-refractivity contribution >= 4 is 51.6 Å². The minimum atomic E-state index is -0.208. The zero-order valence-electron chi connectivity index (χ0n) is 11.8. The van der Waals surface area contributed by atoms with Gasteiger partial charge in [-0.15, -0.1) is 0 Å². The lowest BCUT2D eigenvalue weighted by Crippen LogP contribution is -2.45. The molecule has 0 spiro atoms. The summed E-state index contributed by atoms with van der Waals surface area (Å²) in [5, 5.41) is -0.201. The van der Waals surface area contributed by atoms with E-state index in [1.54, 1.807) is 6.08 Å². The van der Waals surface area contributed by atoms with Gasteiger partial charge < -0.3 is 4.74 Å². The van der Waals surface area contributed by atoms with E-state index in [0.29, 0.717) is 24.8 Å². The average molecular weight is 430 g/mol. The van der Waals surface area contributed by atoms with Crippen molar-refractivity contribution in [2.75, 3.05) is 33.0 Å². The van der Waals surface area contributed by atoms with Crippen LogP contribution >= 0.6 is 34.4 Å². The Labute approximate surface area is 146 Å². The number of carbonyl (C=O) groups is 2. The van der Waals surface area contributed by atoms with Gasteiger partial charge in [0.15, 0.2) is 0 Å². The summed E-state index contributed by atoms with van der Waals surface area (Å²) in [6.45, 7) is 3.14. The van der Waals surface area contributed by atoms with Crippen LogP contribution in [0.3, 0.4) is 0 Å². The van der Waals surface area contributed by atoms with E-state index in [1.807, 2.05) is 24.3 Å². The molecule has 3 rings (SSSR count). The van der Waals surface area contributed by atoms with Gasteiger partial charge in [0.2, 0.25) is 0 Å². The lowest BCUT2D eigenvalue weighted by molar-refractivity contribution is -0.125. The van der Waals surface area contributed by atoms with Crippen LogP contribution in [-0.2, 0) is 9.53 Å². The molecule has 0 radical (unpaired) electrons. The molecule has 0 aromatic heterocycles. The number of nitrogens with zero attached hydrogens (tertiary/aromatic N) is 2. The smallest absolute Gasteiger partial charge is 0.294 e. The molecular weight excluding hydrogens is 415 g/mol. The summed E-state index contributed by atoms with van der Waals surface area (Å²) in [7, 11) is 0. The number of morpholine rings is 1. The van der Waals surface area contributed by atoms with Crippen molar-refractivity contribution in [1.29, 1.82) is 0 Å². The van der Waals surface area contributed by atoms with E-state index in [1.165, 1.54) is 4.90 Å². The van der Waals surface area contributed by atoms with Gasteiger partial charge in [-0.25, -0.2) is 0 Å². The largest absolute Gasteiger partial charge is 0.379 e. The number of halogens is 1. The summed E-state index contributed by atoms with van der Waals surface area (Å²) in [5.74, 6) is -0.208. The highest BCUT2D eigenvalue weighted by Gasteiger charge is 2.36. The number of carbonyl (C=O) groups excluding carboxylic acids is 2. The van der Waals surface area contributed by atoms with Gasteiger partial charge in [0.05, 0.1) is 24.8 Å². The van der Waals surface area contributed by atoms with Crippen LogP contribution in [0.15, 0.2) is 29.2 Å². The van der Waals surface area contributed by atoms with E-state index in [9.17, 15) is 9.59 Å². The Morgan fingerprint density at radius 3 is 2.55 bits per heavy atom. The highest BCUT2D eigenvalue weighted by Crippen LogP contribution is 2.32. The van der Waals surface area contributed by atoms with E-state index < -0.39 is 0 Å². The van der Waals surface area contributed by atoms with Crippen molar-refractivity contribution in [3.63, 3.8) is 0 Å².